The fourth-order valence-corrected chi connectivity index (χ4v) is 1.99. The van der Waals surface area contributed by atoms with Crippen molar-refractivity contribution in [1.82, 2.24) is 4.98 Å². The van der Waals surface area contributed by atoms with Crippen LogP contribution < -0.4 is 25.3 Å². The van der Waals surface area contributed by atoms with Crippen LogP contribution in [0.2, 0.25) is 0 Å². The number of nitrogens with two attached hydrogens (primary N) is 1. The van der Waals surface area contributed by atoms with Crippen molar-refractivity contribution in [2.75, 3.05) is 26.6 Å². The van der Waals surface area contributed by atoms with E-state index in [1.54, 1.807) is 45.7 Å². The highest BCUT2D eigenvalue weighted by molar-refractivity contribution is 14.0. The number of ether oxygens (including phenoxy) is 3. The van der Waals surface area contributed by atoms with E-state index in [0.29, 0.717) is 29.6 Å². The van der Waals surface area contributed by atoms with Crippen molar-refractivity contribution in [1.29, 1.82) is 0 Å². The maximum Gasteiger partial charge on any atom is 0.218 e. The molecular formula is C16H21IN4O3. The highest BCUT2D eigenvalue weighted by atomic mass is 127. The molecule has 2 aromatic rings. The van der Waals surface area contributed by atoms with Crippen LogP contribution in [0, 0.1) is 0 Å². The first kappa shape index (κ1) is 19.8. The van der Waals surface area contributed by atoms with Crippen LogP contribution >= 0.6 is 24.0 Å². The number of benzene rings is 1. The molecule has 0 saturated heterocycles. The predicted molar refractivity (Wildman–Crippen MR) is 105 cm³/mol. The average Bonchev–Trinajstić information content (AvgIpc) is 2.60. The Hall–Kier alpha value is -2.23. The van der Waals surface area contributed by atoms with Crippen molar-refractivity contribution in [2.24, 2.45) is 10.7 Å². The molecule has 0 atom stereocenters. The normalized spacial score (nSPS) is 10.5. The molecule has 0 bridgehead atoms. The number of methoxy groups -OCH3 is 3. The first-order valence-corrected chi connectivity index (χ1v) is 6.94. The lowest BCUT2D eigenvalue weighted by Gasteiger charge is -2.12. The van der Waals surface area contributed by atoms with Crippen LogP contribution in [0.25, 0.3) is 0 Å². The van der Waals surface area contributed by atoms with Crippen LogP contribution in [0.3, 0.4) is 0 Å². The van der Waals surface area contributed by atoms with Gasteiger partial charge in [0.25, 0.3) is 0 Å². The summed E-state index contributed by atoms with van der Waals surface area (Å²) in [4.78, 5) is 8.42. The van der Waals surface area contributed by atoms with Gasteiger partial charge in [-0.05, 0) is 18.2 Å². The lowest BCUT2D eigenvalue weighted by molar-refractivity contribution is 0.392. The van der Waals surface area contributed by atoms with Crippen molar-refractivity contribution in [3.63, 3.8) is 0 Å². The number of pyridine rings is 1. The molecule has 24 heavy (non-hydrogen) atoms. The summed E-state index contributed by atoms with van der Waals surface area (Å²) in [5.74, 6) is 2.11. The standard InChI is InChI=1S/C16H20N4O3.HI/c1-21-12-6-7-14(22-2)13(9-12)20-16(17)19-10-11-5-4-8-18-15(11)23-3;/h4-9H,10H2,1-3H3,(H3,17,19,20);1H. The molecule has 0 aliphatic rings. The molecule has 3 N–H and O–H groups in total. The molecule has 0 saturated carbocycles. The summed E-state index contributed by atoms with van der Waals surface area (Å²) in [6, 6.07) is 9.08. The molecule has 0 aliphatic heterocycles. The number of hydrogen-bond acceptors (Lipinski definition) is 5. The first-order valence-electron chi connectivity index (χ1n) is 6.94. The molecule has 0 radical (unpaired) electrons. The third kappa shape index (κ3) is 5.15. The zero-order chi connectivity index (χ0) is 16.7. The van der Waals surface area contributed by atoms with E-state index in [2.05, 4.69) is 15.3 Å². The Morgan fingerprint density at radius 2 is 1.96 bits per heavy atom. The van der Waals surface area contributed by atoms with Gasteiger partial charge >= 0.3 is 0 Å². The Morgan fingerprint density at radius 1 is 1.17 bits per heavy atom. The quantitative estimate of drug-likeness (QED) is 0.405. The SMILES string of the molecule is COc1ccc(OC)c(NC(N)=NCc2cccnc2OC)c1.I. The van der Waals surface area contributed by atoms with E-state index in [1.807, 2.05) is 12.1 Å². The van der Waals surface area contributed by atoms with Gasteiger partial charge in [-0.3, -0.25) is 0 Å². The molecule has 130 valence electrons. The van der Waals surface area contributed by atoms with Gasteiger partial charge < -0.3 is 25.3 Å². The van der Waals surface area contributed by atoms with E-state index in [4.69, 9.17) is 19.9 Å². The molecule has 1 aromatic heterocycles. The third-order valence-electron chi connectivity index (χ3n) is 3.13. The van der Waals surface area contributed by atoms with Crippen molar-refractivity contribution in [3.8, 4) is 17.4 Å². The molecule has 2 rings (SSSR count). The van der Waals surface area contributed by atoms with Gasteiger partial charge in [0.1, 0.15) is 11.5 Å². The Labute approximate surface area is 158 Å². The second kappa shape index (κ2) is 9.81. The number of rotatable bonds is 6. The van der Waals surface area contributed by atoms with Gasteiger partial charge in [-0.2, -0.15) is 0 Å². The summed E-state index contributed by atoms with van der Waals surface area (Å²) < 4.78 is 15.7. The molecule has 0 unspecified atom stereocenters. The minimum Gasteiger partial charge on any atom is -0.497 e. The second-order valence-electron chi connectivity index (χ2n) is 4.56. The summed E-state index contributed by atoms with van der Waals surface area (Å²) in [5.41, 5.74) is 7.46. The lowest BCUT2D eigenvalue weighted by Crippen LogP contribution is -2.23. The molecule has 0 fully saturated rings. The van der Waals surface area contributed by atoms with Crippen molar-refractivity contribution in [3.05, 3.63) is 42.1 Å². The van der Waals surface area contributed by atoms with Crippen molar-refractivity contribution < 1.29 is 14.2 Å². The molecule has 0 spiro atoms. The number of halogens is 1. The molecule has 0 amide bonds. The summed E-state index contributed by atoms with van der Waals surface area (Å²) in [6.07, 6.45) is 1.66. The Balaban J connectivity index is 0.00000288. The van der Waals surface area contributed by atoms with E-state index in [9.17, 15) is 0 Å². The second-order valence-corrected chi connectivity index (χ2v) is 4.56. The number of anilines is 1. The van der Waals surface area contributed by atoms with Gasteiger partial charge in [-0.1, -0.05) is 6.07 Å². The van der Waals surface area contributed by atoms with Crippen LogP contribution in [0.1, 0.15) is 5.56 Å². The summed E-state index contributed by atoms with van der Waals surface area (Å²) in [6.45, 7) is 0.349. The molecule has 0 aliphatic carbocycles. The summed E-state index contributed by atoms with van der Waals surface area (Å²) in [5, 5.41) is 3.01. The maximum absolute atomic E-state index is 5.94. The Bertz CT molecular complexity index is 695. The topological polar surface area (TPSA) is 91.0 Å². The highest BCUT2D eigenvalue weighted by Gasteiger charge is 2.07. The van der Waals surface area contributed by atoms with E-state index in [1.165, 1.54) is 0 Å². The number of aliphatic imine (C=N–C) groups is 1. The van der Waals surface area contributed by atoms with Crippen LogP contribution in [0.15, 0.2) is 41.5 Å². The lowest BCUT2D eigenvalue weighted by atomic mass is 10.2. The number of guanidine groups is 1. The molecule has 7 nitrogen and oxygen atoms in total. The molecule has 1 aromatic carbocycles. The summed E-state index contributed by atoms with van der Waals surface area (Å²) >= 11 is 0. The van der Waals surface area contributed by atoms with Crippen LogP contribution in [0.5, 0.6) is 17.4 Å². The Morgan fingerprint density at radius 3 is 2.62 bits per heavy atom. The van der Waals surface area contributed by atoms with Crippen molar-refractivity contribution >= 4 is 35.6 Å². The summed E-state index contributed by atoms with van der Waals surface area (Å²) in [7, 11) is 4.75. The number of aromatic nitrogens is 1. The van der Waals surface area contributed by atoms with Crippen molar-refractivity contribution in [2.45, 2.75) is 6.54 Å². The third-order valence-corrected chi connectivity index (χ3v) is 3.13. The van der Waals surface area contributed by atoms with E-state index in [-0.39, 0.29) is 29.9 Å². The van der Waals surface area contributed by atoms with Gasteiger partial charge in [-0.25, -0.2) is 9.98 Å². The maximum atomic E-state index is 5.94. The Kier molecular flexibility index (Phi) is 8.10. The van der Waals surface area contributed by atoms with Crippen LogP contribution in [-0.4, -0.2) is 32.3 Å². The fraction of sp³-hybridized carbons (Fsp3) is 0.250. The smallest absolute Gasteiger partial charge is 0.218 e. The fourth-order valence-electron chi connectivity index (χ4n) is 1.99. The zero-order valence-corrected chi connectivity index (χ0v) is 16.1. The molecular weight excluding hydrogens is 423 g/mol. The van der Waals surface area contributed by atoms with Crippen LogP contribution in [-0.2, 0) is 6.54 Å². The minimum atomic E-state index is 0. The van der Waals surface area contributed by atoms with Crippen LogP contribution in [0.4, 0.5) is 5.69 Å². The largest absolute Gasteiger partial charge is 0.497 e. The average molecular weight is 444 g/mol. The van der Waals surface area contributed by atoms with Gasteiger partial charge in [0.15, 0.2) is 5.96 Å². The van der Waals surface area contributed by atoms with Gasteiger partial charge in [0, 0.05) is 17.8 Å². The van der Waals surface area contributed by atoms with Gasteiger partial charge in [0.05, 0.1) is 33.6 Å². The zero-order valence-electron chi connectivity index (χ0n) is 13.8. The molecule has 8 heteroatoms. The number of nitrogens with zero attached hydrogens (tertiary/aromatic N) is 2. The van der Waals surface area contributed by atoms with E-state index in [0.717, 1.165) is 5.56 Å². The highest BCUT2D eigenvalue weighted by Crippen LogP contribution is 2.28. The minimum absolute atomic E-state index is 0. The van der Waals surface area contributed by atoms with E-state index >= 15 is 0 Å². The van der Waals surface area contributed by atoms with Gasteiger partial charge in [-0.15, -0.1) is 24.0 Å². The number of hydrogen-bond donors (Lipinski definition) is 2. The predicted octanol–water partition coefficient (Wildman–Crippen LogP) is 2.65. The number of nitrogens with one attached hydrogen (secondary N) is 1. The first-order chi connectivity index (χ1) is 11.2. The van der Waals surface area contributed by atoms with Gasteiger partial charge in [0.2, 0.25) is 5.88 Å². The molecule has 1 heterocycles. The monoisotopic (exact) mass is 444 g/mol. The van der Waals surface area contributed by atoms with E-state index < -0.39 is 0 Å².